The van der Waals surface area contributed by atoms with Gasteiger partial charge in [0.05, 0.1) is 30.3 Å². The van der Waals surface area contributed by atoms with Crippen LogP contribution in [0.1, 0.15) is 21.6 Å². The van der Waals surface area contributed by atoms with Gasteiger partial charge in [-0.15, -0.1) is 0 Å². The van der Waals surface area contributed by atoms with Crippen molar-refractivity contribution in [3.8, 4) is 22.9 Å². The van der Waals surface area contributed by atoms with Crippen LogP contribution >= 0.6 is 11.6 Å². The first kappa shape index (κ1) is 21.5. The van der Waals surface area contributed by atoms with E-state index in [4.69, 9.17) is 21.1 Å². The summed E-state index contributed by atoms with van der Waals surface area (Å²) < 4.78 is 12.9. The van der Waals surface area contributed by atoms with Crippen LogP contribution in [0.2, 0.25) is 5.02 Å². The average molecular weight is 448 g/mol. The van der Waals surface area contributed by atoms with E-state index in [0.717, 1.165) is 17.1 Å². The Labute approximate surface area is 191 Å². The molecule has 0 spiro atoms. The lowest BCUT2D eigenvalue weighted by molar-refractivity contribution is 0.0950. The molecule has 0 saturated heterocycles. The molecule has 4 rings (SSSR count). The second-order valence-electron chi connectivity index (χ2n) is 7.07. The third-order valence-corrected chi connectivity index (χ3v) is 5.40. The van der Waals surface area contributed by atoms with Gasteiger partial charge in [0.2, 0.25) is 0 Å². The number of nitrogens with one attached hydrogen (secondary N) is 1. The Morgan fingerprint density at radius 1 is 1.00 bits per heavy atom. The molecule has 3 aromatic carbocycles. The standard InChI is InChI=1S/C25H22ClN3O3/c1-17-21(16-28-29(17)18-11-13-19(31-2)14-12-18)25(30)27-15-22-23(26)9-6-10-24(22)32-20-7-4-3-5-8-20/h3-14,16H,15H2,1-2H3,(H,27,30). The van der Waals surface area contributed by atoms with Crippen molar-refractivity contribution in [1.29, 1.82) is 0 Å². The molecule has 0 bridgehead atoms. The summed E-state index contributed by atoms with van der Waals surface area (Å²) in [5, 5.41) is 7.82. The summed E-state index contributed by atoms with van der Waals surface area (Å²) in [4.78, 5) is 12.9. The first-order valence-electron chi connectivity index (χ1n) is 10.0. The zero-order chi connectivity index (χ0) is 22.5. The zero-order valence-electron chi connectivity index (χ0n) is 17.7. The predicted molar refractivity (Wildman–Crippen MR) is 124 cm³/mol. The topological polar surface area (TPSA) is 65.4 Å². The van der Waals surface area contributed by atoms with Crippen LogP contribution in [0.25, 0.3) is 5.69 Å². The van der Waals surface area contributed by atoms with Crippen LogP contribution < -0.4 is 14.8 Å². The Bertz CT molecular complexity index is 1220. The minimum absolute atomic E-state index is 0.216. The highest BCUT2D eigenvalue weighted by Gasteiger charge is 2.17. The van der Waals surface area contributed by atoms with Gasteiger partial charge in [0.1, 0.15) is 17.2 Å². The summed E-state index contributed by atoms with van der Waals surface area (Å²) in [6, 6.07) is 22.3. The normalized spacial score (nSPS) is 10.6. The quantitative estimate of drug-likeness (QED) is 0.402. The minimum atomic E-state index is -0.243. The zero-order valence-corrected chi connectivity index (χ0v) is 18.5. The number of rotatable bonds is 7. The molecule has 7 heteroatoms. The van der Waals surface area contributed by atoms with Gasteiger partial charge in [0.25, 0.3) is 5.91 Å². The summed E-state index contributed by atoms with van der Waals surface area (Å²) in [6.45, 7) is 2.07. The molecule has 4 aromatic rings. The van der Waals surface area contributed by atoms with Crippen molar-refractivity contribution < 1.29 is 14.3 Å². The van der Waals surface area contributed by atoms with Gasteiger partial charge in [-0.05, 0) is 55.5 Å². The minimum Gasteiger partial charge on any atom is -0.497 e. The molecule has 0 saturated carbocycles. The molecule has 6 nitrogen and oxygen atoms in total. The fourth-order valence-electron chi connectivity index (χ4n) is 3.30. The Kier molecular flexibility index (Phi) is 6.42. The van der Waals surface area contributed by atoms with E-state index < -0.39 is 0 Å². The summed E-state index contributed by atoms with van der Waals surface area (Å²) in [6.07, 6.45) is 1.56. The lowest BCUT2D eigenvalue weighted by Gasteiger charge is -2.13. The third-order valence-electron chi connectivity index (χ3n) is 5.04. The van der Waals surface area contributed by atoms with Crippen LogP contribution in [0, 0.1) is 6.92 Å². The van der Waals surface area contributed by atoms with E-state index in [2.05, 4.69) is 10.4 Å². The fourth-order valence-corrected chi connectivity index (χ4v) is 3.53. The fraction of sp³-hybridized carbons (Fsp3) is 0.120. The average Bonchev–Trinajstić information content (AvgIpc) is 3.20. The molecule has 1 heterocycles. The van der Waals surface area contributed by atoms with Crippen LogP contribution in [0.4, 0.5) is 0 Å². The van der Waals surface area contributed by atoms with Crippen molar-refractivity contribution in [3.63, 3.8) is 0 Å². The van der Waals surface area contributed by atoms with Gasteiger partial charge in [-0.2, -0.15) is 5.10 Å². The van der Waals surface area contributed by atoms with Crippen molar-refractivity contribution in [2.24, 2.45) is 0 Å². The molecule has 0 fully saturated rings. The SMILES string of the molecule is COc1ccc(-n2ncc(C(=O)NCc3c(Cl)cccc3Oc3ccccc3)c2C)cc1. The first-order valence-corrected chi connectivity index (χ1v) is 10.4. The molecule has 0 atom stereocenters. The van der Waals surface area contributed by atoms with Crippen molar-refractivity contribution >= 4 is 17.5 Å². The number of hydrogen-bond acceptors (Lipinski definition) is 4. The van der Waals surface area contributed by atoms with E-state index in [0.29, 0.717) is 27.6 Å². The molecular weight excluding hydrogens is 426 g/mol. The number of carbonyl (C=O) groups excluding carboxylic acids is 1. The van der Waals surface area contributed by atoms with Crippen LogP contribution in [0.15, 0.2) is 79.0 Å². The maximum absolute atomic E-state index is 12.9. The lowest BCUT2D eigenvalue weighted by atomic mass is 10.1. The second kappa shape index (κ2) is 9.58. The number of aromatic nitrogens is 2. The van der Waals surface area contributed by atoms with E-state index in [1.807, 2.05) is 73.7 Å². The highest BCUT2D eigenvalue weighted by atomic mass is 35.5. The van der Waals surface area contributed by atoms with Gasteiger partial charge >= 0.3 is 0 Å². The Hall–Kier alpha value is -3.77. The molecule has 1 N–H and O–H groups in total. The van der Waals surface area contributed by atoms with E-state index in [-0.39, 0.29) is 12.5 Å². The second-order valence-corrected chi connectivity index (χ2v) is 7.48. The van der Waals surface area contributed by atoms with Gasteiger partial charge < -0.3 is 14.8 Å². The first-order chi connectivity index (χ1) is 15.6. The van der Waals surface area contributed by atoms with Crippen LogP contribution in [0.3, 0.4) is 0 Å². The number of halogens is 1. The Balaban J connectivity index is 1.50. The number of nitrogens with zero attached hydrogens (tertiary/aromatic N) is 2. The van der Waals surface area contributed by atoms with E-state index >= 15 is 0 Å². The molecule has 0 aliphatic rings. The van der Waals surface area contributed by atoms with Gasteiger partial charge in [-0.25, -0.2) is 4.68 Å². The van der Waals surface area contributed by atoms with Crippen molar-refractivity contribution in [1.82, 2.24) is 15.1 Å². The number of benzene rings is 3. The number of para-hydroxylation sites is 1. The van der Waals surface area contributed by atoms with Crippen LogP contribution in [-0.4, -0.2) is 22.8 Å². The molecular formula is C25H22ClN3O3. The molecule has 0 unspecified atom stereocenters. The molecule has 1 amide bonds. The summed E-state index contributed by atoms with van der Waals surface area (Å²) in [7, 11) is 1.62. The molecule has 0 radical (unpaired) electrons. The third kappa shape index (κ3) is 4.60. The molecule has 0 aliphatic carbocycles. The molecule has 0 aliphatic heterocycles. The number of carbonyl (C=O) groups is 1. The van der Waals surface area contributed by atoms with Crippen molar-refractivity contribution in [2.45, 2.75) is 13.5 Å². The molecule has 32 heavy (non-hydrogen) atoms. The maximum Gasteiger partial charge on any atom is 0.255 e. The number of amides is 1. The summed E-state index contributed by atoms with van der Waals surface area (Å²) >= 11 is 6.41. The molecule has 1 aromatic heterocycles. The molecule has 162 valence electrons. The number of methoxy groups -OCH3 is 1. The van der Waals surface area contributed by atoms with E-state index in [9.17, 15) is 4.79 Å². The predicted octanol–water partition coefficient (Wildman–Crippen LogP) is 5.57. The van der Waals surface area contributed by atoms with E-state index in [1.165, 1.54) is 0 Å². The van der Waals surface area contributed by atoms with Gasteiger partial charge in [-0.3, -0.25) is 4.79 Å². The number of hydrogen-bond donors (Lipinski definition) is 1. The Morgan fingerprint density at radius 3 is 2.47 bits per heavy atom. The van der Waals surface area contributed by atoms with Gasteiger partial charge in [-0.1, -0.05) is 35.9 Å². The van der Waals surface area contributed by atoms with Crippen LogP contribution in [0.5, 0.6) is 17.2 Å². The van der Waals surface area contributed by atoms with Crippen molar-refractivity contribution in [3.05, 3.63) is 101 Å². The number of ether oxygens (including phenoxy) is 2. The summed E-state index contributed by atoms with van der Waals surface area (Å²) in [5.74, 6) is 1.80. The van der Waals surface area contributed by atoms with Crippen molar-refractivity contribution in [2.75, 3.05) is 7.11 Å². The largest absolute Gasteiger partial charge is 0.497 e. The monoisotopic (exact) mass is 447 g/mol. The summed E-state index contributed by atoms with van der Waals surface area (Å²) in [5.41, 5.74) is 2.75. The Morgan fingerprint density at radius 2 is 1.75 bits per heavy atom. The van der Waals surface area contributed by atoms with Gasteiger partial charge in [0.15, 0.2) is 0 Å². The smallest absolute Gasteiger partial charge is 0.255 e. The maximum atomic E-state index is 12.9. The lowest BCUT2D eigenvalue weighted by Crippen LogP contribution is -2.23. The van der Waals surface area contributed by atoms with Gasteiger partial charge in [0, 0.05) is 17.1 Å². The van der Waals surface area contributed by atoms with Crippen LogP contribution in [-0.2, 0) is 6.54 Å². The highest BCUT2D eigenvalue weighted by molar-refractivity contribution is 6.31. The highest BCUT2D eigenvalue weighted by Crippen LogP contribution is 2.30. The van der Waals surface area contributed by atoms with E-state index in [1.54, 1.807) is 24.1 Å².